The number of ether oxygens (including phenoxy) is 1. The van der Waals surface area contributed by atoms with E-state index in [9.17, 15) is 9.18 Å². The minimum absolute atomic E-state index is 0.0500. The molecule has 0 aliphatic heterocycles. The van der Waals surface area contributed by atoms with Crippen molar-refractivity contribution in [1.29, 1.82) is 0 Å². The molecule has 0 radical (unpaired) electrons. The second-order valence-electron chi connectivity index (χ2n) is 7.14. The molecule has 0 bridgehead atoms. The van der Waals surface area contributed by atoms with Gasteiger partial charge in [0.2, 0.25) is 0 Å². The van der Waals surface area contributed by atoms with Crippen molar-refractivity contribution in [3.05, 3.63) is 69.5 Å². The van der Waals surface area contributed by atoms with E-state index >= 15 is 0 Å². The molecule has 1 aliphatic rings. The van der Waals surface area contributed by atoms with Crippen molar-refractivity contribution in [3.63, 3.8) is 0 Å². The highest BCUT2D eigenvalue weighted by atomic mass is 79.9. The van der Waals surface area contributed by atoms with E-state index in [1.54, 1.807) is 6.20 Å². The minimum Gasteiger partial charge on any atom is -0.490 e. The molecule has 4 rings (SSSR count). The zero-order chi connectivity index (χ0) is 20.4. The predicted molar refractivity (Wildman–Crippen MR) is 115 cm³/mol. The van der Waals surface area contributed by atoms with Gasteiger partial charge in [-0.1, -0.05) is 17.7 Å². The SMILES string of the molecule is O=C(NC1CCC(Oc2ccnc3c(Br)cccc23)CC1)c1ccc(F)c(Cl)c1. The Hall–Kier alpha value is -2.18. The van der Waals surface area contributed by atoms with Gasteiger partial charge in [-0.25, -0.2) is 4.39 Å². The summed E-state index contributed by atoms with van der Waals surface area (Å²) in [5.74, 6) is 0.0579. The Labute approximate surface area is 181 Å². The van der Waals surface area contributed by atoms with E-state index in [1.807, 2.05) is 24.3 Å². The molecule has 7 heteroatoms. The number of hydrogen-bond donors (Lipinski definition) is 1. The number of benzene rings is 2. The molecule has 2 aromatic carbocycles. The van der Waals surface area contributed by atoms with Gasteiger partial charge >= 0.3 is 0 Å². The average molecular weight is 478 g/mol. The van der Waals surface area contributed by atoms with Crippen LogP contribution in [0.1, 0.15) is 36.0 Å². The number of carbonyl (C=O) groups is 1. The summed E-state index contributed by atoms with van der Waals surface area (Å²) in [7, 11) is 0. The van der Waals surface area contributed by atoms with Crippen molar-refractivity contribution in [3.8, 4) is 5.75 Å². The van der Waals surface area contributed by atoms with Gasteiger partial charge in [0, 0.05) is 27.7 Å². The second kappa shape index (κ2) is 8.67. The first-order chi connectivity index (χ1) is 14.0. The third kappa shape index (κ3) is 4.54. The van der Waals surface area contributed by atoms with Crippen LogP contribution in [0.25, 0.3) is 10.9 Å². The number of nitrogens with zero attached hydrogens (tertiary/aromatic N) is 1. The molecule has 1 aliphatic carbocycles. The summed E-state index contributed by atoms with van der Waals surface area (Å²) >= 11 is 9.30. The lowest BCUT2D eigenvalue weighted by molar-refractivity contribution is 0.0895. The molecule has 3 aromatic rings. The van der Waals surface area contributed by atoms with Crippen LogP contribution in [0.4, 0.5) is 4.39 Å². The molecule has 0 atom stereocenters. The number of halogens is 3. The summed E-state index contributed by atoms with van der Waals surface area (Å²) in [4.78, 5) is 16.8. The van der Waals surface area contributed by atoms with E-state index in [0.717, 1.165) is 46.8 Å². The van der Waals surface area contributed by atoms with Crippen LogP contribution in [0, 0.1) is 5.82 Å². The van der Waals surface area contributed by atoms with Crippen molar-refractivity contribution in [1.82, 2.24) is 10.3 Å². The molecule has 150 valence electrons. The number of aromatic nitrogens is 1. The molecular weight excluding hydrogens is 459 g/mol. The van der Waals surface area contributed by atoms with Crippen molar-refractivity contribution in [2.24, 2.45) is 0 Å². The van der Waals surface area contributed by atoms with Crippen LogP contribution in [0.2, 0.25) is 5.02 Å². The quantitative estimate of drug-likeness (QED) is 0.508. The molecule has 1 saturated carbocycles. The van der Waals surface area contributed by atoms with Crippen LogP contribution in [0.3, 0.4) is 0 Å². The monoisotopic (exact) mass is 476 g/mol. The topological polar surface area (TPSA) is 51.2 Å². The van der Waals surface area contributed by atoms with Crippen molar-refractivity contribution >= 4 is 44.3 Å². The maximum Gasteiger partial charge on any atom is 0.251 e. The molecule has 1 fully saturated rings. The highest BCUT2D eigenvalue weighted by molar-refractivity contribution is 9.10. The van der Waals surface area contributed by atoms with Gasteiger partial charge in [-0.15, -0.1) is 0 Å². The van der Waals surface area contributed by atoms with Crippen LogP contribution < -0.4 is 10.1 Å². The number of para-hydroxylation sites is 1. The van der Waals surface area contributed by atoms with E-state index in [2.05, 4.69) is 26.2 Å². The molecule has 1 heterocycles. The van der Waals surface area contributed by atoms with Gasteiger partial charge in [0.25, 0.3) is 5.91 Å². The Bertz CT molecular complexity index is 1050. The van der Waals surface area contributed by atoms with E-state index in [0.29, 0.717) is 5.56 Å². The van der Waals surface area contributed by atoms with Crippen LogP contribution in [-0.4, -0.2) is 23.0 Å². The van der Waals surface area contributed by atoms with Gasteiger partial charge in [0.1, 0.15) is 11.6 Å². The lowest BCUT2D eigenvalue weighted by Crippen LogP contribution is -2.39. The summed E-state index contributed by atoms with van der Waals surface area (Å²) in [6.45, 7) is 0. The fourth-order valence-electron chi connectivity index (χ4n) is 3.63. The summed E-state index contributed by atoms with van der Waals surface area (Å²) in [6.07, 6.45) is 5.16. The number of nitrogens with one attached hydrogen (secondary N) is 1. The molecule has 1 amide bonds. The van der Waals surface area contributed by atoms with Gasteiger partial charge in [-0.3, -0.25) is 9.78 Å². The third-order valence-corrected chi connectivity index (χ3v) is 6.10. The van der Waals surface area contributed by atoms with Crippen LogP contribution in [0.15, 0.2) is 53.1 Å². The maximum absolute atomic E-state index is 13.3. The van der Waals surface area contributed by atoms with Crippen LogP contribution >= 0.6 is 27.5 Å². The first-order valence-corrected chi connectivity index (χ1v) is 10.6. The highest BCUT2D eigenvalue weighted by Crippen LogP contribution is 2.32. The Morgan fingerprint density at radius 1 is 1.17 bits per heavy atom. The highest BCUT2D eigenvalue weighted by Gasteiger charge is 2.24. The zero-order valence-electron chi connectivity index (χ0n) is 15.5. The number of pyridine rings is 1. The summed E-state index contributed by atoms with van der Waals surface area (Å²) in [6, 6.07) is 11.9. The van der Waals surface area contributed by atoms with Crippen LogP contribution in [0.5, 0.6) is 5.75 Å². The van der Waals surface area contributed by atoms with Gasteiger partial charge < -0.3 is 10.1 Å². The maximum atomic E-state index is 13.3. The number of rotatable bonds is 4. The number of amides is 1. The van der Waals surface area contributed by atoms with E-state index in [1.165, 1.54) is 18.2 Å². The molecular formula is C22H19BrClFN2O2. The number of hydrogen-bond acceptors (Lipinski definition) is 3. The first-order valence-electron chi connectivity index (χ1n) is 9.47. The van der Waals surface area contributed by atoms with Gasteiger partial charge in [0.05, 0.1) is 16.6 Å². The van der Waals surface area contributed by atoms with E-state index in [-0.39, 0.29) is 23.1 Å². The Balaban J connectivity index is 1.36. The second-order valence-corrected chi connectivity index (χ2v) is 8.40. The molecule has 29 heavy (non-hydrogen) atoms. The lowest BCUT2D eigenvalue weighted by Gasteiger charge is -2.30. The fraction of sp³-hybridized carbons (Fsp3) is 0.273. The van der Waals surface area contributed by atoms with Crippen molar-refractivity contribution < 1.29 is 13.9 Å². The lowest BCUT2D eigenvalue weighted by atomic mass is 9.92. The summed E-state index contributed by atoms with van der Waals surface area (Å²) in [5.41, 5.74) is 1.24. The van der Waals surface area contributed by atoms with Gasteiger partial charge in [-0.2, -0.15) is 0 Å². The smallest absolute Gasteiger partial charge is 0.251 e. The van der Waals surface area contributed by atoms with Crippen molar-refractivity contribution in [2.45, 2.75) is 37.8 Å². The Morgan fingerprint density at radius 3 is 2.72 bits per heavy atom. The Kier molecular flexibility index (Phi) is 6.01. The summed E-state index contributed by atoms with van der Waals surface area (Å²) in [5, 5.41) is 3.94. The number of carbonyl (C=O) groups excluding carboxylic acids is 1. The average Bonchev–Trinajstić information content (AvgIpc) is 2.72. The zero-order valence-corrected chi connectivity index (χ0v) is 17.8. The predicted octanol–water partition coefficient (Wildman–Crippen LogP) is 5.91. The first kappa shape index (κ1) is 20.1. The number of fused-ring (bicyclic) bond motifs is 1. The largest absolute Gasteiger partial charge is 0.490 e. The van der Waals surface area contributed by atoms with Crippen LogP contribution in [-0.2, 0) is 0 Å². The standard InChI is InChI=1S/C22H19BrClFN2O2/c23-17-3-1-2-16-20(10-11-26-21(16)17)29-15-7-5-14(6-8-15)27-22(28)13-4-9-19(25)18(24)12-13/h1-4,9-12,14-15H,5-8H2,(H,27,28). The van der Waals surface area contributed by atoms with E-state index < -0.39 is 5.82 Å². The molecule has 0 saturated heterocycles. The van der Waals surface area contributed by atoms with E-state index in [4.69, 9.17) is 16.3 Å². The third-order valence-electron chi connectivity index (χ3n) is 5.17. The van der Waals surface area contributed by atoms with Crippen molar-refractivity contribution in [2.75, 3.05) is 0 Å². The minimum atomic E-state index is -0.531. The molecule has 1 N–H and O–H groups in total. The molecule has 4 nitrogen and oxygen atoms in total. The fourth-order valence-corrected chi connectivity index (χ4v) is 4.28. The molecule has 1 aromatic heterocycles. The molecule has 0 spiro atoms. The molecule has 0 unspecified atom stereocenters. The van der Waals surface area contributed by atoms with Gasteiger partial charge in [0.15, 0.2) is 0 Å². The Morgan fingerprint density at radius 2 is 1.97 bits per heavy atom. The van der Waals surface area contributed by atoms with Gasteiger partial charge in [-0.05, 0) is 78.0 Å². The normalized spacial score (nSPS) is 19.1. The summed E-state index contributed by atoms with van der Waals surface area (Å²) < 4.78 is 20.5.